The lowest BCUT2D eigenvalue weighted by atomic mass is 10.2. The summed E-state index contributed by atoms with van der Waals surface area (Å²) in [6.07, 6.45) is -0.370. The van der Waals surface area contributed by atoms with Crippen molar-refractivity contribution in [1.82, 2.24) is 10.2 Å². The van der Waals surface area contributed by atoms with Gasteiger partial charge in [0.25, 0.3) is 0 Å². The Morgan fingerprint density at radius 2 is 1.88 bits per heavy atom. The normalized spacial score (nSPS) is 13.3. The van der Waals surface area contributed by atoms with Crippen molar-refractivity contribution < 1.29 is 19.4 Å². The molecular weight excluding hydrogens is 224 g/mol. The molecule has 0 aliphatic heterocycles. The van der Waals surface area contributed by atoms with E-state index in [-0.39, 0.29) is 0 Å². The maximum Gasteiger partial charge on any atom is 0.408 e. The van der Waals surface area contributed by atoms with Crippen molar-refractivity contribution in [1.29, 1.82) is 0 Å². The molecule has 0 saturated heterocycles. The van der Waals surface area contributed by atoms with E-state index in [4.69, 9.17) is 9.84 Å². The summed E-state index contributed by atoms with van der Waals surface area (Å²) in [5.41, 5.74) is -0.630. The Labute approximate surface area is 102 Å². The zero-order chi connectivity index (χ0) is 13.6. The van der Waals surface area contributed by atoms with Gasteiger partial charge in [-0.15, -0.1) is 0 Å². The molecule has 0 bridgehead atoms. The predicted molar refractivity (Wildman–Crippen MR) is 64.0 cm³/mol. The number of aliphatic carboxylic acids is 1. The van der Waals surface area contributed by atoms with Crippen molar-refractivity contribution in [2.45, 2.75) is 38.8 Å². The van der Waals surface area contributed by atoms with Gasteiger partial charge in [0.2, 0.25) is 0 Å². The van der Waals surface area contributed by atoms with Gasteiger partial charge < -0.3 is 20.1 Å². The minimum absolute atomic E-state index is 0.335. The molecule has 0 aromatic carbocycles. The first-order chi connectivity index (χ1) is 7.61. The molecule has 0 rings (SSSR count). The van der Waals surface area contributed by atoms with E-state index in [0.717, 1.165) is 0 Å². The van der Waals surface area contributed by atoms with Gasteiger partial charge >= 0.3 is 12.1 Å². The third-order valence-corrected chi connectivity index (χ3v) is 1.85. The Kier molecular flexibility index (Phi) is 5.95. The van der Waals surface area contributed by atoms with Crippen molar-refractivity contribution in [2.75, 3.05) is 20.6 Å². The Bertz CT molecular complexity index is 271. The average molecular weight is 246 g/mol. The van der Waals surface area contributed by atoms with Gasteiger partial charge in [-0.1, -0.05) is 0 Å². The highest BCUT2D eigenvalue weighted by molar-refractivity contribution is 5.79. The monoisotopic (exact) mass is 246 g/mol. The van der Waals surface area contributed by atoms with Crippen LogP contribution in [-0.4, -0.2) is 54.4 Å². The molecule has 6 heteroatoms. The number of carboxylic acids is 1. The number of ether oxygens (including phenoxy) is 1. The van der Waals surface area contributed by atoms with Crippen LogP contribution < -0.4 is 5.32 Å². The van der Waals surface area contributed by atoms with Crippen molar-refractivity contribution in [3.63, 3.8) is 0 Å². The maximum atomic E-state index is 11.4. The minimum Gasteiger partial charge on any atom is -0.480 e. The van der Waals surface area contributed by atoms with Gasteiger partial charge in [-0.3, -0.25) is 0 Å². The van der Waals surface area contributed by atoms with Gasteiger partial charge in [-0.25, -0.2) is 9.59 Å². The smallest absolute Gasteiger partial charge is 0.408 e. The van der Waals surface area contributed by atoms with Crippen LogP contribution in [-0.2, 0) is 9.53 Å². The number of hydrogen-bond donors (Lipinski definition) is 2. The van der Waals surface area contributed by atoms with Gasteiger partial charge in [0.15, 0.2) is 0 Å². The summed E-state index contributed by atoms with van der Waals surface area (Å²) in [5.74, 6) is -1.06. The Hall–Kier alpha value is -1.30. The number of carboxylic acid groups (broad SMARTS) is 1. The predicted octanol–water partition coefficient (Wildman–Crippen LogP) is 0.916. The maximum absolute atomic E-state index is 11.4. The topological polar surface area (TPSA) is 78.9 Å². The first-order valence-corrected chi connectivity index (χ1v) is 5.49. The second-order valence-corrected chi connectivity index (χ2v) is 5.13. The van der Waals surface area contributed by atoms with Crippen LogP contribution in [0.1, 0.15) is 27.2 Å². The number of carbonyl (C=O) groups excluding carboxylic acids is 1. The lowest BCUT2D eigenvalue weighted by molar-refractivity contribution is -0.139. The van der Waals surface area contributed by atoms with Crippen LogP contribution in [0.25, 0.3) is 0 Å². The SMILES string of the molecule is CN(C)CCC(NC(=O)OC(C)(C)C)C(=O)O. The van der Waals surface area contributed by atoms with Crippen molar-refractivity contribution in [3.8, 4) is 0 Å². The zero-order valence-electron chi connectivity index (χ0n) is 11.1. The standard InChI is InChI=1S/C11H22N2O4/c1-11(2,3)17-10(16)12-8(9(14)15)6-7-13(4)5/h8H,6-7H2,1-5H3,(H,12,16)(H,14,15). The van der Waals surface area contributed by atoms with E-state index < -0.39 is 23.7 Å². The Balaban J connectivity index is 4.26. The fourth-order valence-corrected chi connectivity index (χ4v) is 1.09. The number of hydrogen-bond acceptors (Lipinski definition) is 4. The molecule has 2 N–H and O–H groups in total. The van der Waals surface area contributed by atoms with E-state index in [1.54, 1.807) is 20.8 Å². The Morgan fingerprint density at radius 3 is 2.24 bits per heavy atom. The molecular formula is C11H22N2O4. The third kappa shape index (κ3) is 8.50. The minimum atomic E-state index is -1.06. The lowest BCUT2D eigenvalue weighted by Crippen LogP contribution is -2.44. The molecule has 0 heterocycles. The third-order valence-electron chi connectivity index (χ3n) is 1.85. The first-order valence-electron chi connectivity index (χ1n) is 5.49. The summed E-state index contributed by atoms with van der Waals surface area (Å²) in [6, 6.07) is -0.924. The lowest BCUT2D eigenvalue weighted by Gasteiger charge is -2.22. The molecule has 0 saturated carbocycles. The second kappa shape index (κ2) is 6.44. The molecule has 0 aliphatic rings. The second-order valence-electron chi connectivity index (χ2n) is 5.13. The van der Waals surface area contributed by atoms with Crippen molar-refractivity contribution in [3.05, 3.63) is 0 Å². The van der Waals surface area contributed by atoms with E-state index in [9.17, 15) is 9.59 Å². The van der Waals surface area contributed by atoms with Crippen LogP contribution in [0.15, 0.2) is 0 Å². The number of alkyl carbamates (subject to hydrolysis) is 1. The molecule has 0 aromatic rings. The van der Waals surface area contributed by atoms with Gasteiger partial charge in [-0.2, -0.15) is 0 Å². The molecule has 0 aliphatic carbocycles. The highest BCUT2D eigenvalue weighted by atomic mass is 16.6. The van der Waals surface area contributed by atoms with E-state index in [1.807, 2.05) is 19.0 Å². The largest absolute Gasteiger partial charge is 0.480 e. The summed E-state index contributed by atoms with van der Waals surface area (Å²) in [6.45, 7) is 5.75. The molecule has 17 heavy (non-hydrogen) atoms. The number of carbonyl (C=O) groups is 2. The summed E-state index contributed by atoms with van der Waals surface area (Å²) >= 11 is 0. The molecule has 1 unspecified atom stereocenters. The van der Waals surface area contributed by atoms with Crippen LogP contribution in [0.2, 0.25) is 0 Å². The van der Waals surface area contributed by atoms with Crippen molar-refractivity contribution in [2.24, 2.45) is 0 Å². The van der Waals surface area contributed by atoms with Gasteiger partial charge in [-0.05, 0) is 41.3 Å². The van der Waals surface area contributed by atoms with E-state index in [1.165, 1.54) is 0 Å². The molecule has 1 amide bonds. The molecule has 0 spiro atoms. The van der Waals surface area contributed by atoms with E-state index in [0.29, 0.717) is 13.0 Å². The fourth-order valence-electron chi connectivity index (χ4n) is 1.09. The molecule has 0 radical (unpaired) electrons. The van der Waals surface area contributed by atoms with E-state index in [2.05, 4.69) is 5.32 Å². The van der Waals surface area contributed by atoms with Gasteiger partial charge in [0.1, 0.15) is 11.6 Å². The number of rotatable bonds is 5. The van der Waals surface area contributed by atoms with Crippen LogP contribution >= 0.6 is 0 Å². The number of amides is 1. The summed E-state index contributed by atoms with van der Waals surface area (Å²) < 4.78 is 5.00. The number of nitrogens with one attached hydrogen (secondary N) is 1. The number of nitrogens with zero attached hydrogens (tertiary/aromatic N) is 1. The zero-order valence-corrected chi connectivity index (χ0v) is 11.1. The van der Waals surface area contributed by atoms with Crippen LogP contribution in [0.4, 0.5) is 4.79 Å². The molecule has 100 valence electrons. The highest BCUT2D eigenvalue weighted by Crippen LogP contribution is 2.07. The summed E-state index contributed by atoms with van der Waals surface area (Å²) in [7, 11) is 3.68. The molecule has 1 atom stereocenters. The fraction of sp³-hybridized carbons (Fsp3) is 0.818. The Morgan fingerprint density at radius 1 is 1.35 bits per heavy atom. The molecule has 6 nitrogen and oxygen atoms in total. The van der Waals surface area contributed by atoms with E-state index >= 15 is 0 Å². The van der Waals surface area contributed by atoms with Crippen LogP contribution in [0.3, 0.4) is 0 Å². The quantitative estimate of drug-likeness (QED) is 0.754. The van der Waals surface area contributed by atoms with Gasteiger partial charge in [0, 0.05) is 6.54 Å². The summed E-state index contributed by atoms with van der Waals surface area (Å²) in [4.78, 5) is 24.2. The molecule has 0 fully saturated rings. The van der Waals surface area contributed by atoms with Gasteiger partial charge in [0.05, 0.1) is 0 Å². The average Bonchev–Trinajstić information content (AvgIpc) is 2.08. The van der Waals surface area contributed by atoms with Crippen LogP contribution in [0.5, 0.6) is 0 Å². The van der Waals surface area contributed by atoms with Crippen LogP contribution in [0, 0.1) is 0 Å². The molecule has 0 aromatic heterocycles. The first kappa shape index (κ1) is 15.7. The highest BCUT2D eigenvalue weighted by Gasteiger charge is 2.23. The summed E-state index contributed by atoms with van der Waals surface area (Å²) in [5, 5.41) is 11.3. The van der Waals surface area contributed by atoms with Crippen molar-refractivity contribution >= 4 is 12.1 Å².